The molecule has 39 heavy (non-hydrogen) atoms. The number of likely N-dealkylation sites (tertiary alicyclic amines) is 1. The zero-order valence-electron chi connectivity index (χ0n) is 22.7. The van der Waals surface area contributed by atoms with E-state index in [-0.39, 0.29) is 23.8 Å². The number of amides is 3. The number of aryl methyl sites for hydroxylation is 1. The second-order valence-electron chi connectivity index (χ2n) is 10.3. The summed E-state index contributed by atoms with van der Waals surface area (Å²) >= 11 is 0. The molecule has 8 heteroatoms. The van der Waals surface area contributed by atoms with E-state index >= 15 is 0 Å². The number of nitrogens with zero attached hydrogens (tertiary/aromatic N) is 1. The second kappa shape index (κ2) is 11.3. The maximum Gasteiger partial charge on any atom is 0.256 e. The number of nitrogens with one attached hydrogen (secondary N) is 4. The summed E-state index contributed by atoms with van der Waals surface area (Å²) in [6.07, 6.45) is 4.20. The molecule has 0 aliphatic carbocycles. The van der Waals surface area contributed by atoms with Crippen LogP contribution in [0.15, 0.2) is 48.5 Å². The predicted octanol–water partition coefficient (Wildman–Crippen LogP) is 4.44. The molecule has 5 rings (SSSR count). The van der Waals surface area contributed by atoms with Crippen molar-refractivity contribution in [2.45, 2.75) is 39.7 Å². The second-order valence-corrected chi connectivity index (χ2v) is 10.3. The number of aromatic amines is 1. The highest BCUT2D eigenvalue weighted by Gasteiger charge is 2.27. The highest BCUT2D eigenvalue weighted by atomic mass is 16.2. The first-order valence-corrected chi connectivity index (χ1v) is 13.5. The highest BCUT2D eigenvalue weighted by molar-refractivity contribution is 6.35. The first-order valence-electron chi connectivity index (χ1n) is 13.5. The third kappa shape index (κ3) is 5.66. The lowest BCUT2D eigenvalue weighted by Gasteiger charge is -2.15. The summed E-state index contributed by atoms with van der Waals surface area (Å²) in [5.74, 6) is -0.580. The van der Waals surface area contributed by atoms with Crippen LogP contribution in [-0.2, 0) is 4.79 Å². The molecule has 2 aliphatic heterocycles. The van der Waals surface area contributed by atoms with Crippen molar-refractivity contribution in [3.8, 4) is 0 Å². The smallest absolute Gasteiger partial charge is 0.256 e. The van der Waals surface area contributed by atoms with Gasteiger partial charge in [-0.1, -0.05) is 30.3 Å². The Bertz CT molecular complexity index is 1430. The molecule has 1 saturated heterocycles. The Hall–Kier alpha value is -4.17. The van der Waals surface area contributed by atoms with Crippen LogP contribution in [0.3, 0.4) is 0 Å². The van der Waals surface area contributed by atoms with Gasteiger partial charge in [-0.2, -0.15) is 0 Å². The number of H-pyrrole nitrogens is 1. The normalized spacial score (nSPS) is 16.7. The van der Waals surface area contributed by atoms with Crippen LogP contribution in [0, 0.1) is 13.8 Å². The largest absolute Gasteiger partial charge is 0.358 e. The van der Waals surface area contributed by atoms with Gasteiger partial charge in [0.1, 0.15) is 0 Å². The third-order valence-electron chi connectivity index (χ3n) is 7.62. The van der Waals surface area contributed by atoms with Crippen LogP contribution >= 0.6 is 0 Å². The quantitative estimate of drug-likeness (QED) is 0.326. The molecule has 0 radical (unpaired) electrons. The molecule has 2 aromatic carbocycles. The van der Waals surface area contributed by atoms with Crippen LogP contribution in [0.25, 0.3) is 11.6 Å². The number of benzene rings is 2. The molecule has 1 fully saturated rings. The summed E-state index contributed by atoms with van der Waals surface area (Å²) in [6, 6.07) is 14.8. The van der Waals surface area contributed by atoms with E-state index in [4.69, 9.17) is 0 Å². The number of carbonyl (C=O) groups excluding carboxylic acids is 3. The van der Waals surface area contributed by atoms with Gasteiger partial charge in [0.25, 0.3) is 17.7 Å². The van der Waals surface area contributed by atoms with Gasteiger partial charge in [0.15, 0.2) is 0 Å². The van der Waals surface area contributed by atoms with Crippen molar-refractivity contribution in [1.82, 2.24) is 20.5 Å². The molecule has 4 N–H and O–H groups in total. The van der Waals surface area contributed by atoms with Crippen LogP contribution in [0.2, 0.25) is 0 Å². The average molecular weight is 526 g/mol. The topological polar surface area (TPSA) is 106 Å². The molecule has 0 saturated carbocycles. The summed E-state index contributed by atoms with van der Waals surface area (Å²) in [5, 5.41) is 8.95. The molecule has 8 nitrogen and oxygen atoms in total. The minimum Gasteiger partial charge on any atom is -0.358 e. The molecular weight excluding hydrogens is 490 g/mol. The van der Waals surface area contributed by atoms with Crippen molar-refractivity contribution < 1.29 is 14.4 Å². The van der Waals surface area contributed by atoms with Crippen molar-refractivity contribution in [1.29, 1.82) is 0 Å². The van der Waals surface area contributed by atoms with Crippen LogP contribution in [0.4, 0.5) is 5.69 Å². The van der Waals surface area contributed by atoms with E-state index in [9.17, 15) is 14.4 Å². The van der Waals surface area contributed by atoms with Gasteiger partial charge < -0.3 is 25.8 Å². The van der Waals surface area contributed by atoms with E-state index in [1.807, 2.05) is 51.1 Å². The number of hydrogen-bond acceptors (Lipinski definition) is 4. The Labute approximate surface area is 228 Å². The van der Waals surface area contributed by atoms with E-state index in [2.05, 4.69) is 25.8 Å². The molecular formula is C31H35N5O3. The van der Waals surface area contributed by atoms with Gasteiger partial charge >= 0.3 is 0 Å². The Morgan fingerprint density at radius 3 is 2.54 bits per heavy atom. The van der Waals surface area contributed by atoms with Gasteiger partial charge in [-0.25, -0.2) is 0 Å². The van der Waals surface area contributed by atoms with Gasteiger partial charge in [-0.15, -0.1) is 0 Å². The lowest BCUT2D eigenvalue weighted by atomic mass is 10.0. The zero-order chi connectivity index (χ0) is 27.5. The van der Waals surface area contributed by atoms with Gasteiger partial charge in [0.05, 0.1) is 17.2 Å². The SMILES string of the molecule is Cc1[nH]c(/C=C2\C(=O)Nc3ccc(C(=O)NC(C)c4ccccc4)cc32)c(C)c1C(=O)NCCN1CCCC1. The van der Waals surface area contributed by atoms with Gasteiger partial charge in [0, 0.05) is 41.3 Å². The molecule has 3 aromatic rings. The lowest BCUT2D eigenvalue weighted by Crippen LogP contribution is -2.33. The number of aromatic nitrogens is 1. The van der Waals surface area contributed by atoms with Crippen LogP contribution in [0.5, 0.6) is 0 Å². The molecule has 1 unspecified atom stereocenters. The van der Waals surface area contributed by atoms with Crippen molar-refractivity contribution in [2.75, 3.05) is 31.5 Å². The van der Waals surface area contributed by atoms with Crippen molar-refractivity contribution in [2.24, 2.45) is 0 Å². The van der Waals surface area contributed by atoms with Gasteiger partial charge in [0.2, 0.25) is 0 Å². The van der Waals surface area contributed by atoms with E-state index in [0.29, 0.717) is 40.2 Å². The Kier molecular flexibility index (Phi) is 7.65. The Balaban J connectivity index is 1.34. The number of fused-ring (bicyclic) bond motifs is 1. The monoisotopic (exact) mass is 525 g/mol. The third-order valence-corrected chi connectivity index (χ3v) is 7.62. The summed E-state index contributed by atoms with van der Waals surface area (Å²) in [7, 11) is 0. The van der Waals surface area contributed by atoms with Crippen LogP contribution < -0.4 is 16.0 Å². The van der Waals surface area contributed by atoms with E-state index < -0.39 is 0 Å². The van der Waals surface area contributed by atoms with E-state index in [1.54, 1.807) is 24.3 Å². The molecule has 0 bridgehead atoms. The van der Waals surface area contributed by atoms with Gasteiger partial charge in [-0.05, 0) is 82.1 Å². The van der Waals surface area contributed by atoms with E-state index in [0.717, 1.165) is 36.5 Å². The first kappa shape index (κ1) is 26.4. The molecule has 1 atom stereocenters. The summed E-state index contributed by atoms with van der Waals surface area (Å²) in [5.41, 5.74) is 6.07. The molecule has 1 aromatic heterocycles. The van der Waals surface area contributed by atoms with Crippen LogP contribution in [0.1, 0.15) is 74.6 Å². The number of hydrogen-bond donors (Lipinski definition) is 4. The maximum atomic E-state index is 13.0. The fourth-order valence-electron chi connectivity index (χ4n) is 5.40. The maximum absolute atomic E-state index is 13.0. The number of carbonyl (C=O) groups is 3. The standard InChI is InChI=1S/C31H35N5O3/c1-19-27(33-21(3)28(19)31(39)32-13-16-36-14-7-8-15-36)18-25-24-17-23(11-12-26(24)35-30(25)38)29(37)34-20(2)22-9-5-4-6-10-22/h4-6,9-12,17-18,20,33H,7-8,13-16H2,1-3H3,(H,32,39)(H,34,37)(H,35,38)/b25-18-. The lowest BCUT2D eigenvalue weighted by molar-refractivity contribution is -0.110. The van der Waals surface area contributed by atoms with Gasteiger partial charge in [-0.3, -0.25) is 14.4 Å². The Morgan fingerprint density at radius 2 is 1.79 bits per heavy atom. The molecule has 202 valence electrons. The zero-order valence-corrected chi connectivity index (χ0v) is 22.7. The van der Waals surface area contributed by atoms with Crippen molar-refractivity contribution >= 4 is 35.1 Å². The first-order chi connectivity index (χ1) is 18.8. The molecule has 3 heterocycles. The highest BCUT2D eigenvalue weighted by Crippen LogP contribution is 2.35. The Morgan fingerprint density at radius 1 is 1.05 bits per heavy atom. The fraction of sp³-hybridized carbons (Fsp3) is 0.323. The average Bonchev–Trinajstić information content (AvgIpc) is 3.62. The summed E-state index contributed by atoms with van der Waals surface area (Å²) in [6.45, 7) is 9.32. The minimum absolute atomic E-state index is 0.118. The van der Waals surface area contributed by atoms with Crippen molar-refractivity contribution in [3.05, 3.63) is 87.7 Å². The fourth-order valence-corrected chi connectivity index (χ4v) is 5.40. The predicted molar refractivity (Wildman–Crippen MR) is 154 cm³/mol. The summed E-state index contributed by atoms with van der Waals surface area (Å²) in [4.78, 5) is 44.6. The van der Waals surface area contributed by atoms with Crippen molar-refractivity contribution in [3.63, 3.8) is 0 Å². The van der Waals surface area contributed by atoms with Crippen LogP contribution in [-0.4, -0.2) is 53.8 Å². The number of anilines is 1. The minimum atomic E-state index is -0.247. The van der Waals surface area contributed by atoms with E-state index in [1.165, 1.54) is 12.8 Å². The number of rotatable bonds is 8. The molecule has 0 spiro atoms. The molecule has 2 aliphatic rings. The molecule has 3 amide bonds. The summed E-state index contributed by atoms with van der Waals surface area (Å²) < 4.78 is 0.